The molecule has 226 valence electrons. The van der Waals surface area contributed by atoms with Gasteiger partial charge in [0.1, 0.15) is 29.7 Å². The monoisotopic (exact) mass is 609 g/mol. The molecular formula is C21H28N11O9P. The second-order valence-electron chi connectivity index (χ2n) is 9.91. The first-order valence-corrected chi connectivity index (χ1v) is 14.3. The number of aliphatic hydroxyl groups excluding tert-OH is 3. The van der Waals surface area contributed by atoms with Gasteiger partial charge in [0.15, 0.2) is 35.1 Å². The summed E-state index contributed by atoms with van der Waals surface area (Å²) in [6.45, 7) is -0.970. The summed E-state index contributed by atoms with van der Waals surface area (Å²) in [5.41, 5.74) is 16.1. The van der Waals surface area contributed by atoms with Crippen molar-refractivity contribution >= 4 is 41.7 Å². The van der Waals surface area contributed by atoms with Gasteiger partial charge in [-0.1, -0.05) is 0 Å². The molecule has 0 radical (unpaired) electrons. The molecule has 2 aliphatic rings. The van der Waals surface area contributed by atoms with Crippen LogP contribution in [0.3, 0.4) is 0 Å². The van der Waals surface area contributed by atoms with Crippen LogP contribution in [0.1, 0.15) is 18.9 Å². The summed E-state index contributed by atoms with van der Waals surface area (Å²) in [6, 6.07) is -1.17. The van der Waals surface area contributed by atoms with Crippen molar-refractivity contribution in [1.82, 2.24) is 39.0 Å². The number of anilines is 2. The molecule has 0 spiro atoms. The summed E-state index contributed by atoms with van der Waals surface area (Å²) >= 11 is 0. The number of imidazole rings is 2. The molecule has 6 rings (SSSR count). The fourth-order valence-electron chi connectivity index (χ4n) is 5.30. The number of nitrogens with two attached hydrogens (primary N) is 3. The van der Waals surface area contributed by atoms with E-state index in [-0.39, 0.29) is 40.5 Å². The standard InChI is InChI=1S/C21H28N11O9P/c22-9-8(3-33)41-20(32-6-28-11-17(32)29-21(24)30-18(11)36)14(9)42(37,38)39-2-1-7-12(34)13(35)19(40-7)31-5-27-10-15(23)25-4-26-16(10)31/h4-9,12-14,19-20,33-35H,1-3,22H2,(H,37,38)(H2,23,25,26)(H3,24,29,30,36)/t7-,8-,9-,12-,13-,14-,19-,20-/m1/s1. The van der Waals surface area contributed by atoms with Gasteiger partial charge < -0.3 is 51.4 Å². The molecule has 2 aliphatic heterocycles. The van der Waals surface area contributed by atoms with Gasteiger partial charge in [0, 0.05) is 6.42 Å². The number of H-pyrrole nitrogens is 1. The van der Waals surface area contributed by atoms with E-state index in [4.69, 9.17) is 31.2 Å². The van der Waals surface area contributed by atoms with E-state index >= 15 is 0 Å². The number of aromatic nitrogens is 8. The number of hydrogen-bond acceptors (Lipinski definition) is 16. The van der Waals surface area contributed by atoms with E-state index in [2.05, 4.69) is 29.9 Å². The fourth-order valence-corrected chi connectivity index (χ4v) is 7.01. The lowest BCUT2D eigenvalue weighted by Crippen LogP contribution is -2.41. The Kier molecular flexibility index (Phi) is 7.20. The predicted octanol–water partition coefficient (Wildman–Crippen LogP) is -3.08. The van der Waals surface area contributed by atoms with E-state index in [0.717, 1.165) is 0 Å². The van der Waals surface area contributed by atoms with Crippen molar-refractivity contribution in [2.75, 3.05) is 24.7 Å². The highest BCUT2D eigenvalue weighted by Gasteiger charge is 2.54. The lowest BCUT2D eigenvalue weighted by Gasteiger charge is -2.26. The van der Waals surface area contributed by atoms with Gasteiger partial charge in [-0.05, 0) is 0 Å². The number of nitrogen functional groups attached to an aromatic ring is 2. The number of aromatic amines is 1. The highest BCUT2D eigenvalue weighted by molar-refractivity contribution is 7.53. The summed E-state index contributed by atoms with van der Waals surface area (Å²) in [7, 11) is -4.64. The normalized spacial score (nSPS) is 31.3. The molecule has 0 saturated carbocycles. The van der Waals surface area contributed by atoms with E-state index in [0.29, 0.717) is 0 Å². The number of hydrogen-bond donors (Lipinski definition) is 8. The van der Waals surface area contributed by atoms with Crippen molar-refractivity contribution in [2.45, 2.75) is 55.0 Å². The quantitative estimate of drug-likeness (QED) is 0.0918. The topological polar surface area (TPSA) is 311 Å². The molecule has 9 atom stereocenters. The Bertz CT molecular complexity index is 1730. The summed E-state index contributed by atoms with van der Waals surface area (Å²) in [4.78, 5) is 45.7. The van der Waals surface area contributed by atoms with Crippen LogP contribution in [0.15, 0.2) is 23.8 Å². The Labute approximate surface area is 234 Å². The molecule has 2 fully saturated rings. The van der Waals surface area contributed by atoms with Crippen LogP contribution in [-0.4, -0.2) is 109 Å². The number of aliphatic hydroxyl groups is 3. The van der Waals surface area contributed by atoms with Gasteiger partial charge in [0.2, 0.25) is 5.95 Å². The van der Waals surface area contributed by atoms with E-state index < -0.39 is 74.9 Å². The van der Waals surface area contributed by atoms with Gasteiger partial charge in [-0.25, -0.2) is 19.9 Å². The third kappa shape index (κ3) is 4.62. The molecule has 2 saturated heterocycles. The third-order valence-corrected chi connectivity index (χ3v) is 9.29. The smallest absolute Gasteiger partial charge is 0.337 e. The second kappa shape index (κ2) is 10.6. The van der Waals surface area contributed by atoms with Crippen LogP contribution < -0.4 is 22.8 Å². The number of nitrogens with one attached hydrogen (secondary N) is 1. The largest absolute Gasteiger partial charge is 0.394 e. The number of rotatable bonds is 8. The van der Waals surface area contributed by atoms with Crippen LogP contribution >= 0.6 is 7.60 Å². The Morgan fingerprint density at radius 1 is 1.00 bits per heavy atom. The van der Waals surface area contributed by atoms with E-state index in [1.165, 1.54) is 28.1 Å². The van der Waals surface area contributed by atoms with Crippen molar-refractivity contribution in [3.63, 3.8) is 0 Å². The maximum Gasteiger partial charge on any atom is 0.337 e. The van der Waals surface area contributed by atoms with Crippen LogP contribution in [0, 0.1) is 0 Å². The molecule has 11 N–H and O–H groups in total. The van der Waals surface area contributed by atoms with Crippen molar-refractivity contribution < 1.29 is 38.8 Å². The molecular weight excluding hydrogens is 581 g/mol. The maximum atomic E-state index is 13.6. The minimum absolute atomic E-state index is 0.0291. The zero-order valence-electron chi connectivity index (χ0n) is 21.6. The SMILES string of the molecule is Nc1nc2c(ncn2[C@@H]2O[C@H](CO)[C@@H](N)[C@H]2P(=O)(O)OCC[C@H]2O[C@@H](n3cnc4c(N)ncnc43)[C@H](O)[C@@H]2O)c(=O)[nH]1. The van der Waals surface area contributed by atoms with Crippen LogP contribution in [0.25, 0.3) is 22.3 Å². The molecule has 4 aromatic rings. The zero-order valence-corrected chi connectivity index (χ0v) is 22.5. The lowest BCUT2D eigenvalue weighted by atomic mass is 10.1. The summed E-state index contributed by atoms with van der Waals surface area (Å²) in [5, 5.41) is 31.1. The van der Waals surface area contributed by atoms with Crippen molar-refractivity contribution in [1.29, 1.82) is 0 Å². The van der Waals surface area contributed by atoms with Crippen LogP contribution in [0.5, 0.6) is 0 Å². The average molecular weight is 609 g/mol. The molecule has 6 heterocycles. The maximum absolute atomic E-state index is 13.6. The molecule has 0 aromatic carbocycles. The Morgan fingerprint density at radius 2 is 1.69 bits per heavy atom. The van der Waals surface area contributed by atoms with Gasteiger partial charge in [0.25, 0.3) is 5.56 Å². The second-order valence-corrected chi connectivity index (χ2v) is 11.9. The zero-order chi connectivity index (χ0) is 29.9. The number of nitrogens with zero attached hydrogens (tertiary/aromatic N) is 7. The summed E-state index contributed by atoms with van der Waals surface area (Å²) in [6.07, 6.45) is -3.61. The fraction of sp³-hybridized carbons (Fsp3) is 0.524. The predicted molar refractivity (Wildman–Crippen MR) is 141 cm³/mol. The van der Waals surface area contributed by atoms with Crippen molar-refractivity contribution in [2.24, 2.45) is 5.73 Å². The van der Waals surface area contributed by atoms with Crippen molar-refractivity contribution in [3.05, 3.63) is 29.3 Å². The summed E-state index contributed by atoms with van der Waals surface area (Å²) < 4.78 is 33.2. The van der Waals surface area contributed by atoms with Gasteiger partial charge in [-0.3, -0.25) is 23.5 Å². The van der Waals surface area contributed by atoms with Gasteiger partial charge in [-0.2, -0.15) is 4.98 Å². The Morgan fingerprint density at radius 3 is 2.43 bits per heavy atom. The van der Waals surface area contributed by atoms with E-state index in [9.17, 15) is 29.6 Å². The molecule has 1 unspecified atom stereocenters. The molecule has 0 amide bonds. The number of ether oxygens (including phenoxy) is 2. The van der Waals surface area contributed by atoms with Gasteiger partial charge in [-0.15, -0.1) is 0 Å². The van der Waals surface area contributed by atoms with Crippen LogP contribution in [0.2, 0.25) is 0 Å². The minimum Gasteiger partial charge on any atom is -0.394 e. The molecule has 42 heavy (non-hydrogen) atoms. The van der Waals surface area contributed by atoms with E-state index in [1.807, 2.05) is 0 Å². The third-order valence-electron chi connectivity index (χ3n) is 7.39. The lowest BCUT2D eigenvalue weighted by molar-refractivity contribution is -0.0403. The van der Waals surface area contributed by atoms with Gasteiger partial charge >= 0.3 is 7.60 Å². The number of fused-ring (bicyclic) bond motifs is 2. The molecule has 0 bridgehead atoms. The van der Waals surface area contributed by atoms with Crippen molar-refractivity contribution in [3.8, 4) is 0 Å². The minimum atomic E-state index is -4.64. The first-order valence-electron chi connectivity index (χ1n) is 12.7. The first-order chi connectivity index (χ1) is 20.0. The van der Waals surface area contributed by atoms with Crippen LogP contribution in [-0.2, 0) is 18.6 Å². The van der Waals surface area contributed by atoms with E-state index in [1.54, 1.807) is 0 Å². The highest BCUT2D eigenvalue weighted by Crippen LogP contribution is 2.57. The molecule has 21 heteroatoms. The Balaban J connectivity index is 1.19. The molecule has 4 aromatic heterocycles. The Hall–Kier alpha value is -3.59. The highest BCUT2D eigenvalue weighted by atomic mass is 31.2. The van der Waals surface area contributed by atoms with Gasteiger partial charge in [0.05, 0.1) is 44.1 Å². The average Bonchev–Trinajstić information content (AvgIpc) is 3.70. The summed E-state index contributed by atoms with van der Waals surface area (Å²) in [5.74, 6) is -0.0912. The molecule has 0 aliphatic carbocycles. The first kappa shape index (κ1) is 28.5. The molecule has 20 nitrogen and oxygen atoms in total. The van der Waals surface area contributed by atoms with Crippen LogP contribution in [0.4, 0.5) is 11.8 Å².